The molecule has 22 heavy (non-hydrogen) atoms. The summed E-state index contributed by atoms with van der Waals surface area (Å²) in [6, 6.07) is 2.64. The smallest absolute Gasteiger partial charge is 0.322 e. The highest BCUT2D eigenvalue weighted by Crippen LogP contribution is 2.15. The SMILES string of the molecule is C=CC[N+]1(C)CCN(C(=O)Nc2cc(F)cc(F)c2)CC1.[I-]. The predicted octanol–water partition coefficient (Wildman–Crippen LogP) is -0.551. The zero-order chi connectivity index (χ0) is 15.5. The molecule has 1 aliphatic heterocycles. The van der Waals surface area contributed by atoms with E-state index in [1.807, 2.05) is 6.08 Å². The van der Waals surface area contributed by atoms with Gasteiger partial charge in [0.25, 0.3) is 0 Å². The van der Waals surface area contributed by atoms with Crippen molar-refractivity contribution in [3.05, 3.63) is 42.5 Å². The van der Waals surface area contributed by atoms with Crippen molar-refractivity contribution in [2.24, 2.45) is 0 Å². The first kappa shape index (κ1) is 18.8. The number of hydrogen-bond acceptors (Lipinski definition) is 1. The van der Waals surface area contributed by atoms with Crippen LogP contribution in [0.3, 0.4) is 0 Å². The maximum absolute atomic E-state index is 13.1. The molecular weight excluding hydrogens is 403 g/mol. The van der Waals surface area contributed by atoms with Crippen LogP contribution in [0.2, 0.25) is 0 Å². The molecule has 0 radical (unpaired) electrons. The highest BCUT2D eigenvalue weighted by molar-refractivity contribution is 5.89. The number of urea groups is 1. The summed E-state index contributed by atoms with van der Waals surface area (Å²) in [7, 11) is 2.12. The second kappa shape index (κ2) is 7.87. The van der Waals surface area contributed by atoms with Crippen LogP contribution in [-0.4, -0.2) is 55.2 Å². The maximum atomic E-state index is 13.1. The minimum atomic E-state index is -0.709. The van der Waals surface area contributed by atoms with Crippen molar-refractivity contribution in [3.63, 3.8) is 0 Å². The molecule has 122 valence electrons. The van der Waals surface area contributed by atoms with E-state index < -0.39 is 11.6 Å². The van der Waals surface area contributed by atoms with Gasteiger partial charge < -0.3 is 38.7 Å². The third-order valence-electron chi connectivity index (χ3n) is 3.79. The van der Waals surface area contributed by atoms with Crippen molar-refractivity contribution in [1.29, 1.82) is 0 Å². The fourth-order valence-corrected chi connectivity index (χ4v) is 2.47. The average molecular weight is 423 g/mol. The van der Waals surface area contributed by atoms with Gasteiger partial charge in [0, 0.05) is 11.8 Å². The van der Waals surface area contributed by atoms with Crippen molar-refractivity contribution < 1.29 is 42.0 Å². The van der Waals surface area contributed by atoms with Gasteiger partial charge in [-0.25, -0.2) is 13.6 Å². The van der Waals surface area contributed by atoms with Crippen LogP contribution in [0.1, 0.15) is 0 Å². The van der Waals surface area contributed by atoms with E-state index in [4.69, 9.17) is 0 Å². The minimum Gasteiger partial charge on any atom is -1.00 e. The molecule has 0 saturated carbocycles. The number of likely N-dealkylation sites (N-methyl/N-ethyl adjacent to an activating group) is 1. The lowest BCUT2D eigenvalue weighted by Crippen LogP contribution is -3.00. The van der Waals surface area contributed by atoms with E-state index in [0.717, 1.165) is 42.3 Å². The molecule has 1 aliphatic rings. The van der Waals surface area contributed by atoms with E-state index >= 15 is 0 Å². The van der Waals surface area contributed by atoms with E-state index in [-0.39, 0.29) is 35.7 Å². The van der Waals surface area contributed by atoms with Gasteiger partial charge in [-0.3, -0.25) is 0 Å². The van der Waals surface area contributed by atoms with E-state index in [2.05, 4.69) is 18.9 Å². The Bertz CT molecular complexity index is 525. The highest BCUT2D eigenvalue weighted by Gasteiger charge is 2.29. The van der Waals surface area contributed by atoms with Crippen LogP contribution in [0.25, 0.3) is 0 Å². The Hall–Kier alpha value is -1.22. The molecule has 1 fully saturated rings. The van der Waals surface area contributed by atoms with E-state index in [0.29, 0.717) is 13.1 Å². The predicted molar refractivity (Wildman–Crippen MR) is 77.9 cm³/mol. The number of carbonyl (C=O) groups excluding carboxylic acids is 1. The molecular formula is C15H20F2IN3O. The Morgan fingerprint density at radius 2 is 1.86 bits per heavy atom. The number of anilines is 1. The molecule has 1 aromatic carbocycles. The Balaban J connectivity index is 0.00000242. The van der Waals surface area contributed by atoms with Gasteiger partial charge in [-0.05, 0) is 18.2 Å². The number of nitrogens with zero attached hydrogens (tertiary/aromatic N) is 2. The Kier molecular flexibility index (Phi) is 6.73. The standard InChI is InChI=1S/C15H19F2N3O.HI/c1-3-6-20(2)7-4-19(5-8-20)15(21)18-14-10-12(16)9-13(17)11-14;/h3,9-11H,1,4-8H2,2H3;1H. The molecule has 1 aromatic rings. The largest absolute Gasteiger partial charge is 1.00 e. The summed E-state index contributed by atoms with van der Waals surface area (Å²) < 4.78 is 27.0. The summed E-state index contributed by atoms with van der Waals surface area (Å²) in [6.07, 6.45) is 1.88. The lowest BCUT2D eigenvalue weighted by atomic mass is 10.2. The average Bonchev–Trinajstić information content (AvgIpc) is 2.38. The summed E-state index contributed by atoms with van der Waals surface area (Å²) in [5, 5.41) is 2.53. The Morgan fingerprint density at radius 3 is 2.36 bits per heavy atom. The van der Waals surface area contributed by atoms with Gasteiger partial charge in [0.15, 0.2) is 0 Å². The molecule has 1 N–H and O–H groups in total. The van der Waals surface area contributed by atoms with Crippen molar-refractivity contribution in [1.82, 2.24) is 4.90 Å². The fourth-order valence-electron chi connectivity index (χ4n) is 2.47. The van der Waals surface area contributed by atoms with Gasteiger partial charge in [0.2, 0.25) is 0 Å². The minimum absolute atomic E-state index is 0. The molecule has 1 saturated heterocycles. The van der Waals surface area contributed by atoms with Crippen LogP contribution >= 0.6 is 0 Å². The third kappa shape index (κ3) is 4.91. The molecule has 0 bridgehead atoms. The topological polar surface area (TPSA) is 32.3 Å². The molecule has 2 rings (SSSR count). The number of benzene rings is 1. The summed E-state index contributed by atoms with van der Waals surface area (Å²) in [4.78, 5) is 13.8. The van der Waals surface area contributed by atoms with Crippen molar-refractivity contribution in [2.45, 2.75) is 0 Å². The number of rotatable bonds is 3. The van der Waals surface area contributed by atoms with Crippen LogP contribution < -0.4 is 29.3 Å². The molecule has 4 nitrogen and oxygen atoms in total. The molecule has 0 aliphatic carbocycles. The highest BCUT2D eigenvalue weighted by atomic mass is 127. The quantitative estimate of drug-likeness (QED) is 0.395. The third-order valence-corrected chi connectivity index (χ3v) is 3.79. The summed E-state index contributed by atoms with van der Waals surface area (Å²) in [5.41, 5.74) is 0.131. The molecule has 1 heterocycles. The number of halogens is 3. The number of quaternary nitrogens is 1. The van der Waals surface area contributed by atoms with E-state index in [1.54, 1.807) is 4.90 Å². The zero-order valence-electron chi connectivity index (χ0n) is 12.5. The van der Waals surface area contributed by atoms with Crippen LogP contribution in [-0.2, 0) is 0 Å². The van der Waals surface area contributed by atoms with Gasteiger partial charge in [0.05, 0.1) is 39.8 Å². The van der Waals surface area contributed by atoms with Crippen molar-refractivity contribution >= 4 is 11.7 Å². The van der Waals surface area contributed by atoms with Gasteiger partial charge in [-0.15, -0.1) is 0 Å². The first-order valence-corrected chi connectivity index (χ1v) is 6.88. The number of piperazine rings is 1. The lowest BCUT2D eigenvalue weighted by molar-refractivity contribution is -0.907. The Labute approximate surface area is 146 Å². The second-order valence-electron chi connectivity index (χ2n) is 5.61. The molecule has 0 atom stereocenters. The fraction of sp³-hybridized carbons (Fsp3) is 0.400. The maximum Gasteiger partial charge on any atom is 0.322 e. The van der Waals surface area contributed by atoms with E-state index in [1.165, 1.54) is 0 Å². The first-order valence-electron chi connectivity index (χ1n) is 6.88. The number of carbonyl (C=O) groups is 1. The van der Waals surface area contributed by atoms with E-state index in [9.17, 15) is 13.6 Å². The van der Waals surface area contributed by atoms with Crippen LogP contribution in [0.5, 0.6) is 0 Å². The molecule has 0 aromatic heterocycles. The summed E-state index contributed by atoms with van der Waals surface area (Å²) >= 11 is 0. The number of nitrogens with one attached hydrogen (secondary N) is 1. The lowest BCUT2D eigenvalue weighted by Gasteiger charge is -2.41. The number of hydrogen-bond donors (Lipinski definition) is 1. The van der Waals surface area contributed by atoms with Crippen LogP contribution in [0, 0.1) is 11.6 Å². The monoisotopic (exact) mass is 423 g/mol. The molecule has 0 spiro atoms. The molecule has 7 heteroatoms. The second-order valence-corrected chi connectivity index (χ2v) is 5.61. The Morgan fingerprint density at radius 1 is 1.32 bits per heavy atom. The summed E-state index contributed by atoms with van der Waals surface area (Å²) in [5.74, 6) is -1.42. The van der Waals surface area contributed by atoms with Crippen molar-refractivity contribution in [2.75, 3.05) is 45.1 Å². The van der Waals surface area contributed by atoms with Gasteiger partial charge >= 0.3 is 6.03 Å². The van der Waals surface area contributed by atoms with Crippen LogP contribution in [0.4, 0.5) is 19.3 Å². The van der Waals surface area contributed by atoms with Crippen molar-refractivity contribution in [3.8, 4) is 0 Å². The van der Waals surface area contributed by atoms with Crippen LogP contribution in [0.15, 0.2) is 30.9 Å². The molecule has 0 unspecified atom stereocenters. The normalized spacial score (nSPS) is 16.6. The zero-order valence-corrected chi connectivity index (χ0v) is 14.6. The summed E-state index contributed by atoms with van der Waals surface area (Å²) in [6.45, 7) is 7.48. The number of amides is 2. The van der Waals surface area contributed by atoms with Gasteiger partial charge in [-0.2, -0.15) is 0 Å². The molecule has 2 amide bonds. The first-order chi connectivity index (χ1) is 9.92. The van der Waals surface area contributed by atoms with Gasteiger partial charge in [-0.1, -0.05) is 6.58 Å². The van der Waals surface area contributed by atoms with Gasteiger partial charge in [0.1, 0.15) is 11.6 Å².